The van der Waals surface area contributed by atoms with Crippen molar-refractivity contribution in [2.45, 2.75) is 32.2 Å². The molecule has 0 radical (unpaired) electrons. The fraction of sp³-hybridized carbons (Fsp3) is 0.231. The van der Waals surface area contributed by atoms with E-state index in [1.165, 1.54) is 17.2 Å². The van der Waals surface area contributed by atoms with E-state index >= 15 is 0 Å². The molecule has 1 amide bonds. The fourth-order valence-electron chi connectivity index (χ4n) is 3.87. The molecular formula is C26H25NO5. The molecule has 0 bridgehead atoms. The second-order valence-corrected chi connectivity index (χ2v) is 8.72. The predicted molar refractivity (Wildman–Crippen MR) is 121 cm³/mol. The largest absolute Gasteiger partial charge is 0.503 e. The van der Waals surface area contributed by atoms with Crippen LogP contribution >= 0.6 is 0 Å². The quantitative estimate of drug-likeness (QED) is 0.550. The molecule has 164 valence electrons. The summed E-state index contributed by atoms with van der Waals surface area (Å²) in [5.74, 6) is -1.04. The third-order valence-corrected chi connectivity index (χ3v) is 5.64. The maximum Gasteiger partial charge on any atom is 0.294 e. The Hall–Kier alpha value is -3.80. The van der Waals surface area contributed by atoms with Gasteiger partial charge in [-0.1, -0.05) is 45.0 Å². The molecule has 6 nitrogen and oxygen atoms in total. The molecule has 2 heterocycles. The van der Waals surface area contributed by atoms with E-state index in [0.717, 1.165) is 5.56 Å². The molecule has 0 saturated heterocycles. The lowest BCUT2D eigenvalue weighted by Gasteiger charge is -2.28. The monoisotopic (exact) mass is 431 g/mol. The van der Waals surface area contributed by atoms with Gasteiger partial charge in [0.1, 0.15) is 5.75 Å². The van der Waals surface area contributed by atoms with Gasteiger partial charge >= 0.3 is 0 Å². The normalized spacial score (nSPS) is 16.6. The zero-order chi connectivity index (χ0) is 23.0. The van der Waals surface area contributed by atoms with Crippen molar-refractivity contribution in [3.63, 3.8) is 0 Å². The summed E-state index contributed by atoms with van der Waals surface area (Å²) < 4.78 is 10.5. The third-order valence-electron chi connectivity index (χ3n) is 5.64. The molecule has 1 atom stereocenters. The Bertz CT molecular complexity index is 1170. The van der Waals surface area contributed by atoms with Gasteiger partial charge in [-0.05, 0) is 52.9 Å². The highest BCUT2D eigenvalue weighted by Gasteiger charge is 2.45. The van der Waals surface area contributed by atoms with Gasteiger partial charge in [-0.2, -0.15) is 0 Å². The molecule has 6 heteroatoms. The maximum atomic E-state index is 13.2. The molecule has 1 N–H and O–H groups in total. The number of methoxy groups -OCH3 is 1. The molecule has 1 aliphatic heterocycles. The Morgan fingerprint density at radius 3 is 2.22 bits per heavy atom. The van der Waals surface area contributed by atoms with E-state index in [1.54, 1.807) is 37.4 Å². The van der Waals surface area contributed by atoms with E-state index in [2.05, 4.69) is 20.8 Å². The van der Waals surface area contributed by atoms with Gasteiger partial charge in [0, 0.05) is 5.69 Å². The number of rotatable bonds is 5. The van der Waals surface area contributed by atoms with Crippen molar-refractivity contribution in [2.75, 3.05) is 12.0 Å². The summed E-state index contributed by atoms with van der Waals surface area (Å²) in [6.45, 7) is 6.32. The number of furan rings is 1. The highest BCUT2D eigenvalue weighted by molar-refractivity contribution is 6.20. The first-order valence-electron chi connectivity index (χ1n) is 10.3. The smallest absolute Gasteiger partial charge is 0.294 e. The van der Waals surface area contributed by atoms with Crippen LogP contribution in [0.2, 0.25) is 0 Å². The van der Waals surface area contributed by atoms with E-state index in [1.807, 2.05) is 24.3 Å². The molecule has 4 rings (SSSR count). The predicted octanol–water partition coefficient (Wildman–Crippen LogP) is 5.37. The van der Waals surface area contributed by atoms with Crippen LogP contribution in [-0.4, -0.2) is 23.9 Å². The third kappa shape index (κ3) is 3.68. The van der Waals surface area contributed by atoms with Gasteiger partial charge in [0.05, 0.1) is 25.0 Å². The molecule has 32 heavy (non-hydrogen) atoms. The SMILES string of the molecule is COc1ccc(C2C(C(=O)c3ccco3)=C(O)C(=O)N2c2ccc(C(C)(C)C)cc2)cc1. The molecule has 1 aromatic heterocycles. The lowest BCUT2D eigenvalue weighted by molar-refractivity contribution is -0.117. The summed E-state index contributed by atoms with van der Waals surface area (Å²) in [6.07, 6.45) is 1.38. The Balaban J connectivity index is 1.83. The number of anilines is 1. The average Bonchev–Trinajstić information content (AvgIpc) is 3.40. The number of amides is 1. The Labute approximate surface area is 186 Å². The summed E-state index contributed by atoms with van der Waals surface area (Å²) in [4.78, 5) is 27.9. The first-order valence-corrected chi connectivity index (χ1v) is 10.3. The van der Waals surface area contributed by atoms with Crippen molar-refractivity contribution in [3.05, 3.63) is 95.1 Å². The topological polar surface area (TPSA) is 80.0 Å². The zero-order valence-electron chi connectivity index (χ0n) is 18.5. The molecule has 0 saturated carbocycles. The fourth-order valence-corrected chi connectivity index (χ4v) is 3.87. The van der Waals surface area contributed by atoms with Gasteiger partial charge in [0.2, 0.25) is 5.78 Å². The summed E-state index contributed by atoms with van der Waals surface area (Å²) in [5.41, 5.74) is 2.28. The summed E-state index contributed by atoms with van der Waals surface area (Å²) >= 11 is 0. The van der Waals surface area contributed by atoms with Gasteiger partial charge in [-0.15, -0.1) is 0 Å². The highest BCUT2D eigenvalue weighted by atomic mass is 16.5. The van der Waals surface area contributed by atoms with Crippen LogP contribution in [0.1, 0.15) is 48.5 Å². The molecule has 1 unspecified atom stereocenters. The van der Waals surface area contributed by atoms with Crippen LogP contribution in [0, 0.1) is 0 Å². The summed E-state index contributed by atoms with van der Waals surface area (Å²) in [5, 5.41) is 10.8. The van der Waals surface area contributed by atoms with Crippen LogP contribution in [0.3, 0.4) is 0 Å². The van der Waals surface area contributed by atoms with Crippen LogP contribution in [0.15, 0.2) is 82.7 Å². The van der Waals surface area contributed by atoms with Crippen molar-refractivity contribution >= 4 is 17.4 Å². The van der Waals surface area contributed by atoms with Gasteiger partial charge in [0.15, 0.2) is 11.5 Å². The van der Waals surface area contributed by atoms with Crippen molar-refractivity contribution in [1.29, 1.82) is 0 Å². The number of ketones is 1. The lowest BCUT2D eigenvalue weighted by Crippen LogP contribution is -2.31. The minimum atomic E-state index is -0.813. The van der Waals surface area contributed by atoms with Crippen LogP contribution < -0.4 is 9.64 Å². The maximum absolute atomic E-state index is 13.2. The second-order valence-electron chi connectivity index (χ2n) is 8.72. The van der Waals surface area contributed by atoms with E-state index in [9.17, 15) is 14.7 Å². The first kappa shape index (κ1) is 21.4. The Morgan fingerprint density at radius 2 is 1.69 bits per heavy atom. The number of benzene rings is 2. The molecule has 1 aliphatic rings. The second kappa shape index (κ2) is 8.04. The number of nitrogens with zero attached hydrogens (tertiary/aromatic N) is 1. The van der Waals surface area contributed by atoms with Crippen molar-refractivity contribution in [2.24, 2.45) is 0 Å². The number of carbonyl (C=O) groups is 2. The van der Waals surface area contributed by atoms with Crippen LogP contribution in [-0.2, 0) is 10.2 Å². The van der Waals surface area contributed by atoms with E-state index < -0.39 is 23.5 Å². The number of ether oxygens (including phenoxy) is 1. The van der Waals surface area contributed by atoms with Crippen LogP contribution in [0.25, 0.3) is 0 Å². The minimum Gasteiger partial charge on any atom is -0.503 e. The van der Waals surface area contributed by atoms with Crippen LogP contribution in [0.4, 0.5) is 5.69 Å². The minimum absolute atomic E-state index is 0.0185. The molecule has 0 aliphatic carbocycles. The van der Waals surface area contributed by atoms with E-state index in [0.29, 0.717) is 17.0 Å². The number of aliphatic hydroxyl groups excluding tert-OH is 1. The Kier molecular flexibility index (Phi) is 5.38. The van der Waals surface area contributed by atoms with E-state index in [4.69, 9.17) is 9.15 Å². The molecule has 0 spiro atoms. The van der Waals surface area contributed by atoms with Crippen molar-refractivity contribution in [1.82, 2.24) is 0 Å². The number of hydrogen-bond acceptors (Lipinski definition) is 5. The van der Waals surface area contributed by atoms with Gasteiger partial charge < -0.3 is 14.3 Å². The van der Waals surface area contributed by atoms with Crippen LogP contribution in [0.5, 0.6) is 5.75 Å². The molecular weight excluding hydrogens is 406 g/mol. The standard InChI is InChI=1S/C26H25NO5/c1-26(2,3)17-9-11-18(12-10-17)27-22(16-7-13-19(31-4)14-8-16)21(24(29)25(27)30)23(28)20-6-5-15-32-20/h5-15,22,29H,1-4H3. The van der Waals surface area contributed by atoms with Crippen molar-refractivity contribution < 1.29 is 23.8 Å². The number of carbonyl (C=O) groups excluding carboxylic acids is 2. The summed E-state index contributed by atoms with van der Waals surface area (Å²) in [7, 11) is 1.56. The lowest BCUT2D eigenvalue weighted by atomic mass is 9.87. The molecule has 2 aromatic carbocycles. The molecule has 0 fully saturated rings. The van der Waals surface area contributed by atoms with Crippen molar-refractivity contribution in [3.8, 4) is 5.75 Å². The zero-order valence-corrected chi connectivity index (χ0v) is 18.5. The first-order chi connectivity index (χ1) is 15.2. The average molecular weight is 431 g/mol. The highest BCUT2D eigenvalue weighted by Crippen LogP contribution is 2.42. The molecule has 3 aromatic rings. The number of aliphatic hydroxyl groups is 1. The number of hydrogen-bond donors (Lipinski definition) is 1. The summed E-state index contributed by atoms with van der Waals surface area (Å²) in [6, 6.07) is 16.9. The number of Topliss-reactive ketones (excluding diaryl/α,β-unsaturated/α-hetero) is 1. The Morgan fingerprint density at radius 1 is 1.03 bits per heavy atom. The van der Waals surface area contributed by atoms with Gasteiger partial charge in [-0.3, -0.25) is 14.5 Å². The van der Waals surface area contributed by atoms with E-state index in [-0.39, 0.29) is 16.7 Å². The van der Waals surface area contributed by atoms with Gasteiger partial charge in [-0.25, -0.2) is 0 Å². The van der Waals surface area contributed by atoms with Gasteiger partial charge in [0.25, 0.3) is 5.91 Å².